The van der Waals surface area contributed by atoms with Crippen LogP contribution in [-0.2, 0) is 0 Å². The number of hydrogen-bond donors (Lipinski definition) is 0. The van der Waals surface area contributed by atoms with Crippen LogP contribution in [0.4, 0.5) is 5.69 Å². The Hall–Kier alpha value is -4.07. The maximum atomic E-state index is 13.2. The molecular weight excluding hydrogens is 434 g/mol. The molecule has 1 aliphatic rings. The van der Waals surface area contributed by atoms with Crippen LogP contribution in [0.15, 0.2) is 57.7 Å². The molecule has 1 fully saturated rings. The van der Waals surface area contributed by atoms with E-state index in [1.165, 1.54) is 14.2 Å². The van der Waals surface area contributed by atoms with Crippen molar-refractivity contribution in [3.05, 3.63) is 70.2 Å². The van der Waals surface area contributed by atoms with Crippen molar-refractivity contribution in [3.63, 3.8) is 0 Å². The Morgan fingerprint density at radius 2 is 1.68 bits per heavy atom. The molecule has 2 aromatic carbocycles. The fraction of sp³-hybridized carbons (Fsp3) is 0.269. The molecule has 0 radical (unpaired) electrons. The number of aromatic nitrogens is 1. The fourth-order valence-electron chi connectivity index (χ4n) is 4.46. The molecule has 0 spiro atoms. The van der Waals surface area contributed by atoms with Gasteiger partial charge in [0.1, 0.15) is 11.1 Å². The van der Waals surface area contributed by atoms with Crippen LogP contribution in [0.5, 0.6) is 11.5 Å². The summed E-state index contributed by atoms with van der Waals surface area (Å²) in [5.41, 5.74) is 2.71. The van der Waals surface area contributed by atoms with Gasteiger partial charge in [-0.05, 0) is 31.2 Å². The van der Waals surface area contributed by atoms with Gasteiger partial charge in [0.2, 0.25) is 0 Å². The van der Waals surface area contributed by atoms with E-state index in [1.54, 1.807) is 23.1 Å². The number of carbonyl (C=O) groups is 1. The zero-order valence-corrected chi connectivity index (χ0v) is 19.3. The van der Waals surface area contributed by atoms with Crippen LogP contribution in [0.1, 0.15) is 16.1 Å². The molecule has 1 saturated heterocycles. The first-order valence-electron chi connectivity index (χ1n) is 11.1. The number of hydrogen-bond acceptors (Lipinski definition) is 7. The van der Waals surface area contributed by atoms with Crippen LogP contribution < -0.4 is 20.0 Å². The third-order valence-electron chi connectivity index (χ3n) is 6.20. The van der Waals surface area contributed by atoms with E-state index in [0.29, 0.717) is 48.6 Å². The van der Waals surface area contributed by atoms with Gasteiger partial charge in [-0.2, -0.15) is 0 Å². The summed E-state index contributed by atoms with van der Waals surface area (Å²) in [6, 6.07) is 15.0. The highest BCUT2D eigenvalue weighted by Gasteiger charge is 2.26. The molecule has 1 amide bonds. The molecule has 0 saturated carbocycles. The van der Waals surface area contributed by atoms with Gasteiger partial charge in [-0.1, -0.05) is 18.2 Å². The van der Waals surface area contributed by atoms with Crippen molar-refractivity contribution in [2.75, 3.05) is 45.3 Å². The Morgan fingerprint density at radius 1 is 0.971 bits per heavy atom. The van der Waals surface area contributed by atoms with Crippen molar-refractivity contribution in [2.24, 2.45) is 0 Å². The lowest BCUT2D eigenvalue weighted by molar-refractivity contribution is 0.0743. The molecule has 2 aromatic heterocycles. The van der Waals surface area contributed by atoms with Gasteiger partial charge < -0.3 is 23.7 Å². The Labute approximate surface area is 196 Å². The zero-order valence-electron chi connectivity index (χ0n) is 19.3. The van der Waals surface area contributed by atoms with Crippen LogP contribution in [0.25, 0.3) is 21.9 Å². The topological polar surface area (TPSA) is 85.1 Å². The number of anilines is 1. The summed E-state index contributed by atoms with van der Waals surface area (Å²) >= 11 is 0. The summed E-state index contributed by atoms with van der Waals surface area (Å²) in [7, 11) is 3.04. The van der Waals surface area contributed by atoms with Gasteiger partial charge in [0.15, 0.2) is 11.5 Å². The lowest BCUT2D eigenvalue weighted by Crippen LogP contribution is -2.49. The third-order valence-corrected chi connectivity index (χ3v) is 6.20. The fourth-order valence-corrected chi connectivity index (χ4v) is 4.46. The molecule has 0 N–H and O–H groups in total. The summed E-state index contributed by atoms with van der Waals surface area (Å²) < 4.78 is 16.0. The normalized spacial score (nSPS) is 14.0. The first kappa shape index (κ1) is 21.8. The minimum atomic E-state index is -0.664. The Kier molecular flexibility index (Phi) is 5.57. The van der Waals surface area contributed by atoms with Gasteiger partial charge in [0, 0.05) is 54.4 Å². The maximum absolute atomic E-state index is 13.2. The van der Waals surface area contributed by atoms with E-state index in [2.05, 4.69) is 22.0 Å². The van der Waals surface area contributed by atoms with E-state index in [-0.39, 0.29) is 11.5 Å². The maximum Gasteiger partial charge on any atom is 0.349 e. The number of para-hydroxylation sites is 1. The standard InChI is InChI=1S/C26H25N3O5/c1-16-12-21(18-6-4-5-7-20(18)27-16)28-8-10-29(11-9-28)25(30)19-13-17-14-23(32-2)24(33-3)15-22(17)34-26(19)31/h4-7,12-15H,8-11H2,1-3H3. The quantitative estimate of drug-likeness (QED) is 0.431. The first-order valence-corrected chi connectivity index (χ1v) is 11.1. The van der Waals surface area contributed by atoms with Gasteiger partial charge in [-0.15, -0.1) is 0 Å². The number of benzene rings is 2. The van der Waals surface area contributed by atoms with E-state index in [4.69, 9.17) is 13.9 Å². The van der Waals surface area contributed by atoms with E-state index in [0.717, 1.165) is 22.3 Å². The van der Waals surface area contributed by atoms with E-state index in [1.807, 2.05) is 25.1 Å². The number of carbonyl (C=O) groups excluding carboxylic acids is 1. The second-order valence-electron chi connectivity index (χ2n) is 8.27. The highest BCUT2D eigenvalue weighted by Crippen LogP contribution is 2.32. The lowest BCUT2D eigenvalue weighted by atomic mass is 10.1. The highest BCUT2D eigenvalue weighted by molar-refractivity contribution is 5.97. The number of piperazine rings is 1. The number of aryl methyl sites for hydroxylation is 1. The van der Waals surface area contributed by atoms with E-state index >= 15 is 0 Å². The molecule has 174 valence electrons. The van der Waals surface area contributed by atoms with Crippen LogP contribution in [0.2, 0.25) is 0 Å². The molecular formula is C26H25N3O5. The summed E-state index contributed by atoms with van der Waals surface area (Å²) in [6.45, 7) is 4.29. The molecule has 0 bridgehead atoms. The number of methoxy groups -OCH3 is 2. The second kappa shape index (κ2) is 8.70. The van der Waals surface area contributed by atoms with Gasteiger partial charge in [-0.3, -0.25) is 9.78 Å². The summed E-state index contributed by atoms with van der Waals surface area (Å²) in [5.74, 6) is 0.615. The molecule has 8 nitrogen and oxygen atoms in total. The summed E-state index contributed by atoms with van der Waals surface area (Å²) in [4.78, 5) is 34.5. The molecule has 8 heteroatoms. The van der Waals surface area contributed by atoms with Gasteiger partial charge in [0.25, 0.3) is 5.91 Å². The van der Waals surface area contributed by atoms with E-state index in [9.17, 15) is 9.59 Å². The molecule has 0 atom stereocenters. The molecule has 4 aromatic rings. The summed E-state index contributed by atoms with van der Waals surface area (Å²) in [6.07, 6.45) is 0. The smallest absolute Gasteiger partial charge is 0.349 e. The molecule has 0 unspecified atom stereocenters. The highest BCUT2D eigenvalue weighted by atomic mass is 16.5. The molecule has 1 aliphatic heterocycles. The van der Waals surface area contributed by atoms with Crippen molar-refractivity contribution >= 4 is 33.5 Å². The van der Waals surface area contributed by atoms with Crippen molar-refractivity contribution in [2.45, 2.75) is 6.92 Å². The minimum absolute atomic E-state index is 0.0124. The van der Waals surface area contributed by atoms with Crippen LogP contribution in [-0.4, -0.2) is 56.2 Å². The van der Waals surface area contributed by atoms with Crippen molar-refractivity contribution < 1.29 is 18.7 Å². The number of nitrogens with zero attached hydrogens (tertiary/aromatic N) is 3. The van der Waals surface area contributed by atoms with Crippen LogP contribution in [0, 0.1) is 6.92 Å². The average molecular weight is 460 g/mol. The number of rotatable bonds is 4. The molecule has 5 rings (SSSR count). The monoisotopic (exact) mass is 459 g/mol. The predicted molar refractivity (Wildman–Crippen MR) is 130 cm³/mol. The SMILES string of the molecule is COc1cc2cc(C(=O)N3CCN(c4cc(C)nc5ccccc45)CC3)c(=O)oc2cc1OC. The number of ether oxygens (including phenoxy) is 2. The Bertz CT molecular complexity index is 1450. The average Bonchev–Trinajstić information content (AvgIpc) is 2.86. The first-order chi connectivity index (χ1) is 16.5. The van der Waals surface area contributed by atoms with E-state index < -0.39 is 5.63 Å². The largest absolute Gasteiger partial charge is 0.493 e. The van der Waals surface area contributed by atoms with Gasteiger partial charge in [-0.25, -0.2) is 4.79 Å². The van der Waals surface area contributed by atoms with Crippen LogP contribution in [0.3, 0.4) is 0 Å². The Morgan fingerprint density at radius 3 is 2.41 bits per heavy atom. The minimum Gasteiger partial charge on any atom is -0.493 e. The summed E-state index contributed by atoms with van der Waals surface area (Å²) in [5, 5.41) is 1.69. The van der Waals surface area contributed by atoms with Crippen LogP contribution >= 0.6 is 0 Å². The molecule has 34 heavy (non-hydrogen) atoms. The third kappa shape index (κ3) is 3.81. The second-order valence-corrected chi connectivity index (χ2v) is 8.27. The Balaban J connectivity index is 1.39. The van der Waals surface area contributed by atoms with Crippen molar-refractivity contribution in [3.8, 4) is 11.5 Å². The zero-order chi connectivity index (χ0) is 23.8. The number of fused-ring (bicyclic) bond motifs is 2. The predicted octanol–water partition coefficient (Wildman–Crippen LogP) is 3.63. The lowest BCUT2D eigenvalue weighted by Gasteiger charge is -2.36. The number of pyridine rings is 1. The van der Waals surface area contributed by atoms with Gasteiger partial charge in [0.05, 0.1) is 19.7 Å². The number of amides is 1. The molecule has 3 heterocycles. The van der Waals surface area contributed by atoms with Gasteiger partial charge >= 0.3 is 5.63 Å². The van der Waals surface area contributed by atoms with Crippen molar-refractivity contribution in [1.82, 2.24) is 9.88 Å². The van der Waals surface area contributed by atoms with Crippen molar-refractivity contribution in [1.29, 1.82) is 0 Å². The molecule has 0 aliphatic carbocycles.